The molecule has 3 heteroatoms. The summed E-state index contributed by atoms with van der Waals surface area (Å²) in [6.07, 6.45) is 0.438. The van der Waals surface area contributed by atoms with Crippen molar-refractivity contribution >= 4 is 0 Å². The molecule has 1 aromatic carbocycles. The van der Waals surface area contributed by atoms with Gasteiger partial charge in [0.05, 0.1) is 12.2 Å². The molecule has 1 N–H and O–H groups in total. The summed E-state index contributed by atoms with van der Waals surface area (Å²) in [5.74, 6) is 1.52. The van der Waals surface area contributed by atoms with E-state index >= 15 is 0 Å². The highest BCUT2D eigenvalue weighted by atomic mass is 16.5. The van der Waals surface area contributed by atoms with Crippen LogP contribution < -0.4 is 9.47 Å². The number of hydrogen-bond acceptors (Lipinski definition) is 3. The second-order valence-corrected chi connectivity index (χ2v) is 4.01. The molecule has 16 heavy (non-hydrogen) atoms. The van der Waals surface area contributed by atoms with Gasteiger partial charge in [0.2, 0.25) is 0 Å². The standard InChI is InChI=1S/C13H20O3/c1-4-11(14)9-15-12-6-5-7-13(8-12)16-10(2)3/h5-8,10-11,14H,4,9H2,1-3H3. The van der Waals surface area contributed by atoms with Crippen molar-refractivity contribution in [2.45, 2.75) is 39.4 Å². The summed E-state index contributed by atoms with van der Waals surface area (Å²) in [7, 11) is 0. The number of ether oxygens (including phenoxy) is 2. The molecule has 1 atom stereocenters. The molecule has 0 radical (unpaired) electrons. The molecule has 1 rings (SSSR count). The normalized spacial score (nSPS) is 12.6. The summed E-state index contributed by atoms with van der Waals surface area (Å²) in [5, 5.41) is 9.38. The molecule has 0 aliphatic heterocycles. The van der Waals surface area contributed by atoms with E-state index in [0.29, 0.717) is 13.0 Å². The van der Waals surface area contributed by atoms with Gasteiger partial charge in [0.1, 0.15) is 18.1 Å². The number of hydrogen-bond donors (Lipinski definition) is 1. The summed E-state index contributed by atoms with van der Waals surface area (Å²) in [6.45, 7) is 6.21. The Morgan fingerprint density at radius 2 is 1.94 bits per heavy atom. The molecule has 0 aromatic heterocycles. The Labute approximate surface area is 97.0 Å². The van der Waals surface area contributed by atoms with Crippen molar-refractivity contribution in [2.75, 3.05) is 6.61 Å². The zero-order valence-electron chi connectivity index (χ0n) is 10.1. The van der Waals surface area contributed by atoms with Crippen molar-refractivity contribution in [3.63, 3.8) is 0 Å². The largest absolute Gasteiger partial charge is 0.491 e. The van der Waals surface area contributed by atoms with Crippen molar-refractivity contribution in [2.24, 2.45) is 0 Å². The van der Waals surface area contributed by atoms with Gasteiger partial charge in [0.15, 0.2) is 0 Å². The van der Waals surface area contributed by atoms with E-state index in [9.17, 15) is 5.11 Å². The van der Waals surface area contributed by atoms with Crippen LogP contribution in [0.3, 0.4) is 0 Å². The molecular formula is C13H20O3. The highest BCUT2D eigenvalue weighted by Gasteiger charge is 2.03. The second-order valence-electron chi connectivity index (χ2n) is 4.01. The van der Waals surface area contributed by atoms with Gasteiger partial charge in [-0.05, 0) is 32.4 Å². The summed E-state index contributed by atoms with van der Waals surface area (Å²) in [5.41, 5.74) is 0. The number of benzene rings is 1. The maximum atomic E-state index is 9.38. The Balaban J connectivity index is 2.53. The minimum Gasteiger partial charge on any atom is -0.491 e. The average Bonchev–Trinajstić information content (AvgIpc) is 2.25. The van der Waals surface area contributed by atoms with Crippen molar-refractivity contribution < 1.29 is 14.6 Å². The monoisotopic (exact) mass is 224 g/mol. The van der Waals surface area contributed by atoms with Crippen LogP contribution in [0, 0.1) is 0 Å². The summed E-state index contributed by atoms with van der Waals surface area (Å²) in [4.78, 5) is 0. The van der Waals surface area contributed by atoms with E-state index in [0.717, 1.165) is 11.5 Å². The fourth-order valence-electron chi connectivity index (χ4n) is 1.22. The van der Waals surface area contributed by atoms with Gasteiger partial charge in [-0.25, -0.2) is 0 Å². The van der Waals surface area contributed by atoms with Gasteiger partial charge in [-0.2, -0.15) is 0 Å². The molecule has 0 aliphatic rings. The van der Waals surface area contributed by atoms with E-state index in [1.807, 2.05) is 45.0 Å². The van der Waals surface area contributed by atoms with Crippen molar-refractivity contribution in [1.82, 2.24) is 0 Å². The number of aliphatic hydroxyl groups excluding tert-OH is 1. The minimum absolute atomic E-state index is 0.150. The Morgan fingerprint density at radius 3 is 2.56 bits per heavy atom. The third-order valence-electron chi connectivity index (χ3n) is 2.09. The lowest BCUT2D eigenvalue weighted by atomic mass is 10.3. The van der Waals surface area contributed by atoms with Crippen LogP contribution in [0.15, 0.2) is 24.3 Å². The molecule has 0 spiro atoms. The van der Waals surface area contributed by atoms with Crippen molar-refractivity contribution in [1.29, 1.82) is 0 Å². The Morgan fingerprint density at radius 1 is 1.25 bits per heavy atom. The van der Waals surface area contributed by atoms with Gasteiger partial charge >= 0.3 is 0 Å². The lowest BCUT2D eigenvalue weighted by Gasteiger charge is -2.13. The smallest absolute Gasteiger partial charge is 0.123 e. The van der Waals surface area contributed by atoms with E-state index < -0.39 is 6.10 Å². The second kappa shape index (κ2) is 6.38. The molecule has 0 saturated carbocycles. The minimum atomic E-state index is -0.408. The molecular weight excluding hydrogens is 204 g/mol. The Hall–Kier alpha value is -1.22. The maximum Gasteiger partial charge on any atom is 0.123 e. The molecule has 1 unspecified atom stereocenters. The van der Waals surface area contributed by atoms with Crippen LogP contribution >= 0.6 is 0 Å². The zero-order valence-corrected chi connectivity index (χ0v) is 10.1. The van der Waals surface area contributed by atoms with Crippen LogP contribution in [-0.2, 0) is 0 Å². The van der Waals surface area contributed by atoms with Gasteiger partial charge in [0.25, 0.3) is 0 Å². The first-order chi connectivity index (χ1) is 7.61. The van der Waals surface area contributed by atoms with E-state index in [1.54, 1.807) is 0 Å². The van der Waals surface area contributed by atoms with Gasteiger partial charge in [-0.15, -0.1) is 0 Å². The molecule has 0 bridgehead atoms. The highest BCUT2D eigenvalue weighted by Crippen LogP contribution is 2.20. The summed E-state index contributed by atoms with van der Waals surface area (Å²) < 4.78 is 11.0. The topological polar surface area (TPSA) is 38.7 Å². The highest BCUT2D eigenvalue weighted by molar-refractivity contribution is 5.33. The summed E-state index contributed by atoms with van der Waals surface area (Å²) in [6, 6.07) is 7.46. The van der Waals surface area contributed by atoms with Gasteiger partial charge in [-0.3, -0.25) is 0 Å². The van der Waals surface area contributed by atoms with Crippen LogP contribution in [0.25, 0.3) is 0 Å². The summed E-state index contributed by atoms with van der Waals surface area (Å²) >= 11 is 0. The molecule has 0 heterocycles. The lowest BCUT2D eigenvalue weighted by molar-refractivity contribution is 0.104. The van der Waals surface area contributed by atoms with Gasteiger partial charge < -0.3 is 14.6 Å². The molecule has 3 nitrogen and oxygen atoms in total. The SMILES string of the molecule is CCC(O)COc1cccc(OC(C)C)c1. The first kappa shape index (κ1) is 12.8. The Kier molecular flexibility index (Phi) is 5.12. The Bertz CT molecular complexity index is 310. The maximum absolute atomic E-state index is 9.38. The first-order valence-corrected chi connectivity index (χ1v) is 5.69. The predicted molar refractivity (Wildman–Crippen MR) is 64.0 cm³/mol. The molecule has 0 fully saturated rings. The third-order valence-corrected chi connectivity index (χ3v) is 2.09. The van der Waals surface area contributed by atoms with Crippen LogP contribution in [0.4, 0.5) is 0 Å². The van der Waals surface area contributed by atoms with Crippen molar-refractivity contribution in [3.05, 3.63) is 24.3 Å². The third kappa shape index (κ3) is 4.53. The zero-order chi connectivity index (χ0) is 12.0. The average molecular weight is 224 g/mol. The van der Waals surface area contributed by atoms with E-state index in [4.69, 9.17) is 9.47 Å². The van der Waals surface area contributed by atoms with Gasteiger partial charge in [0, 0.05) is 6.07 Å². The molecule has 0 amide bonds. The number of aliphatic hydroxyl groups is 1. The van der Waals surface area contributed by atoms with Gasteiger partial charge in [-0.1, -0.05) is 13.0 Å². The van der Waals surface area contributed by atoms with Crippen LogP contribution in [0.2, 0.25) is 0 Å². The molecule has 0 saturated heterocycles. The molecule has 90 valence electrons. The van der Waals surface area contributed by atoms with Crippen molar-refractivity contribution in [3.8, 4) is 11.5 Å². The first-order valence-electron chi connectivity index (χ1n) is 5.69. The number of rotatable bonds is 6. The van der Waals surface area contributed by atoms with Crippen LogP contribution in [-0.4, -0.2) is 23.9 Å². The molecule has 0 aliphatic carbocycles. The fourth-order valence-corrected chi connectivity index (χ4v) is 1.22. The quantitative estimate of drug-likeness (QED) is 0.807. The predicted octanol–water partition coefficient (Wildman–Crippen LogP) is 2.62. The van der Waals surface area contributed by atoms with E-state index in [2.05, 4.69) is 0 Å². The van der Waals surface area contributed by atoms with E-state index in [-0.39, 0.29) is 6.10 Å². The molecule has 1 aromatic rings. The fraction of sp³-hybridized carbons (Fsp3) is 0.538. The lowest BCUT2D eigenvalue weighted by Crippen LogP contribution is -2.16. The van der Waals surface area contributed by atoms with Crippen LogP contribution in [0.5, 0.6) is 11.5 Å². The van der Waals surface area contributed by atoms with E-state index in [1.165, 1.54) is 0 Å². The van der Waals surface area contributed by atoms with Crippen LogP contribution in [0.1, 0.15) is 27.2 Å².